The second kappa shape index (κ2) is 5.96. The van der Waals surface area contributed by atoms with Crippen molar-refractivity contribution in [2.75, 3.05) is 13.6 Å². The minimum absolute atomic E-state index is 0.131. The Labute approximate surface area is 108 Å². The van der Waals surface area contributed by atoms with Crippen LogP contribution in [-0.4, -0.2) is 30.0 Å². The first-order valence-corrected chi connectivity index (χ1v) is 6.63. The number of carbonyl (C=O) groups is 1. The predicted octanol–water partition coefficient (Wildman–Crippen LogP) is 1.27. The van der Waals surface area contributed by atoms with E-state index in [1.807, 2.05) is 12.3 Å². The molecule has 1 aliphatic heterocycles. The molecule has 2 N–H and O–H groups in total. The number of aromatic nitrogens is 1. The Morgan fingerprint density at radius 3 is 3.11 bits per heavy atom. The van der Waals surface area contributed by atoms with Crippen molar-refractivity contribution in [2.24, 2.45) is 0 Å². The van der Waals surface area contributed by atoms with Gasteiger partial charge in [0.2, 0.25) is 5.91 Å². The second-order valence-electron chi connectivity index (χ2n) is 4.91. The topological polar surface area (TPSA) is 54.0 Å². The summed E-state index contributed by atoms with van der Waals surface area (Å²) in [4.78, 5) is 16.1. The highest BCUT2D eigenvalue weighted by Gasteiger charge is 2.39. The summed E-state index contributed by atoms with van der Waals surface area (Å²) in [7, 11) is 1.71. The van der Waals surface area contributed by atoms with Crippen LogP contribution in [0.15, 0.2) is 24.5 Å². The normalized spacial score (nSPS) is 22.9. The van der Waals surface area contributed by atoms with E-state index in [-0.39, 0.29) is 11.4 Å². The average Bonchev–Trinajstić information content (AvgIpc) is 2.89. The maximum atomic E-state index is 12.0. The van der Waals surface area contributed by atoms with Gasteiger partial charge in [0.05, 0.1) is 5.54 Å². The molecule has 2 heterocycles. The molecule has 1 atom stereocenters. The first-order valence-electron chi connectivity index (χ1n) is 6.63. The molecule has 0 aliphatic carbocycles. The lowest BCUT2D eigenvalue weighted by Gasteiger charge is -2.27. The Balaban J connectivity index is 1.89. The van der Waals surface area contributed by atoms with Gasteiger partial charge in [0.1, 0.15) is 0 Å². The van der Waals surface area contributed by atoms with E-state index in [2.05, 4.69) is 21.7 Å². The van der Waals surface area contributed by atoms with Crippen molar-refractivity contribution in [1.29, 1.82) is 0 Å². The van der Waals surface area contributed by atoms with Crippen molar-refractivity contribution in [3.63, 3.8) is 0 Å². The van der Waals surface area contributed by atoms with Crippen molar-refractivity contribution < 1.29 is 4.79 Å². The molecule has 0 saturated carbocycles. The first-order chi connectivity index (χ1) is 8.77. The molecule has 18 heavy (non-hydrogen) atoms. The van der Waals surface area contributed by atoms with E-state index in [0.717, 1.165) is 38.6 Å². The number of hydrogen-bond donors (Lipinski definition) is 2. The predicted molar refractivity (Wildman–Crippen MR) is 71.2 cm³/mol. The zero-order valence-electron chi connectivity index (χ0n) is 10.9. The number of likely N-dealkylation sites (N-methyl/N-ethyl adjacent to an activating group) is 1. The Morgan fingerprint density at radius 1 is 1.61 bits per heavy atom. The van der Waals surface area contributed by atoms with Crippen LogP contribution in [0.2, 0.25) is 0 Å². The molecule has 1 aromatic rings. The largest absolute Gasteiger partial charge is 0.358 e. The molecular weight excluding hydrogens is 226 g/mol. The van der Waals surface area contributed by atoms with Crippen molar-refractivity contribution in [1.82, 2.24) is 15.6 Å². The molecule has 0 aromatic carbocycles. The Hall–Kier alpha value is -1.42. The van der Waals surface area contributed by atoms with Crippen LogP contribution in [0.4, 0.5) is 0 Å². The summed E-state index contributed by atoms with van der Waals surface area (Å²) in [6.07, 6.45) is 8.59. The molecule has 2 rings (SSSR count). The molecule has 1 fully saturated rings. The highest BCUT2D eigenvalue weighted by molar-refractivity contribution is 5.86. The fourth-order valence-corrected chi connectivity index (χ4v) is 2.71. The van der Waals surface area contributed by atoms with E-state index in [0.29, 0.717) is 0 Å². The van der Waals surface area contributed by atoms with Gasteiger partial charge in [-0.2, -0.15) is 0 Å². The molecule has 0 bridgehead atoms. The molecule has 4 heteroatoms. The lowest BCUT2D eigenvalue weighted by molar-refractivity contribution is -0.126. The zero-order valence-corrected chi connectivity index (χ0v) is 10.9. The van der Waals surface area contributed by atoms with Crippen molar-refractivity contribution >= 4 is 5.91 Å². The smallest absolute Gasteiger partial charge is 0.240 e. The van der Waals surface area contributed by atoms with Crippen LogP contribution in [0.1, 0.15) is 31.2 Å². The van der Waals surface area contributed by atoms with Crippen LogP contribution in [0.25, 0.3) is 0 Å². The summed E-state index contributed by atoms with van der Waals surface area (Å²) in [6, 6.07) is 4.04. The number of pyridine rings is 1. The molecule has 1 amide bonds. The van der Waals surface area contributed by atoms with Gasteiger partial charge in [-0.1, -0.05) is 6.07 Å². The summed E-state index contributed by atoms with van der Waals surface area (Å²) in [5, 5.41) is 6.16. The number of nitrogens with one attached hydrogen (secondary N) is 2. The Kier molecular flexibility index (Phi) is 4.31. The van der Waals surface area contributed by atoms with Gasteiger partial charge in [-0.25, -0.2) is 0 Å². The highest BCUT2D eigenvalue weighted by Crippen LogP contribution is 2.25. The van der Waals surface area contributed by atoms with Gasteiger partial charge in [-0.05, 0) is 50.3 Å². The molecule has 1 aliphatic rings. The lowest BCUT2D eigenvalue weighted by atomic mass is 9.89. The van der Waals surface area contributed by atoms with Gasteiger partial charge in [-0.15, -0.1) is 0 Å². The number of hydrogen-bond acceptors (Lipinski definition) is 3. The molecule has 4 nitrogen and oxygen atoms in total. The number of nitrogens with zero attached hydrogens (tertiary/aromatic N) is 1. The van der Waals surface area contributed by atoms with Gasteiger partial charge in [0.25, 0.3) is 0 Å². The van der Waals surface area contributed by atoms with Crippen molar-refractivity contribution in [3.8, 4) is 0 Å². The number of rotatable bonds is 5. The summed E-state index contributed by atoms with van der Waals surface area (Å²) in [6.45, 7) is 0.945. The fraction of sp³-hybridized carbons (Fsp3) is 0.571. The molecule has 0 radical (unpaired) electrons. The standard InChI is InChI=1S/C14H21N3O/c1-15-13(18)14(8-4-10-17-14)7-2-5-12-6-3-9-16-11-12/h3,6,9,11,17H,2,4-5,7-8,10H2,1H3,(H,15,18). The highest BCUT2D eigenvalue weighted by atomic mass is 16.2. The van der Waals surface area contributed by atoms with E-state index in [1.54, 1.807) is 13.2 Å². The Morgan fingerprint density at radius 2 is 2.50 bits per heavy atom. The summed E-state index contributed by atoms with van der Waals surface area (Å²) < 4.78 is 0. The third-order valence-corrected chi connectivity index (χ3v) is 3.70. The average molecular weight is 247 g/mol. The molecular formula is C14H21N3O. The lowest BCUT2D eigenvalue weighted by Crippen LogP contribution is -2.52. The molecule has 1 saturated heterocycles. The van der Waals surface area contributed by atoms with Crippen molar-refractivity contribution in [2.45, 2.75) is 37.6 Å². The fourth-order valence-electron chi connectivity index (χ4n) is 2.71. The third kappa shape index (κ3) is 2.88. The molecule has 0 spiro atoms. The van der Waals surface area contributed by atoms with Gasteiger partial charge in [0.15, 0.2) is 0 Å². The van der Waals surface area contributed by atoms with E-state index < -0.39 is 0 Å². The number of carbonyl (C=O) groups excluding carboxylic acids is 1. The minimum atomic E-state index is -0.336. The Bertz CT molecular complexity index is 385. The van der Waals surface area contributed by atoms with Crippen LogP contribution < -0.4 is 10.6 Å². The van der Waals surface area contributed by atoms with E-state index in [4.69, 9.17) is 0 Å². The molecule has 1 aromatic heterocycles. The van der Waals surface area contributed by atoms with E-state index in [1.165, 1.54) is 5.56 Å². The van der Waals surface area contributed by atoms with Crippen LogP contribution in [0.3, 0.4) is 0 Å². The second-order valence-corrected chi connectivity index (χ2v) is 4.91. The van der Waals surface area contributed by atoms with Gasteiger partial charge < -0.3 is 10.6 Å². The van der Waals surface area contributed by atoms with Crippen LogP contribution in [0, 0.1) is 0 Å². The number of amides is 1. The SMILES string of the molecule is CNC(=O)C1(CCCc2cccnc2)CCCN1. The van der Waals surface area contributed by atoms with E-state index >= 15 is 0 Å². The summed E-state index contributed by atoms with van der Waals surface area (Å²) in [5.74, 6) is 0.131. The molecule has 98 valence electrons. The van der Waals surface area contributed by atoms with Gasteiger partial charge in [0, 0.05) is 19.4 Å². The van der Waals surface area contributed by atoms with Crippen LogP contribution in [0.5, 0.6) is 0 Å². The quantitative estimate of drug-likeness (QED) is 0.824. The van der Waals surface area contributed by atoms with Gasteiger partial charge in [-0.3, -0.25) is 9.78 Å². The van der Waals surface area contributed by atoms with E-state index in [9.17, 15) is 4.79 Å². The van der Waals surface area contributed by atoms with Crippen molar-refractivity contribution in [3.05, 3.63) is 30.1 Å². The maximum absolute atomic E-state index is 12.0. The minimum Gasteiger partial charge on any atom is -0.358 e. The molecule has 1 unspecified atom stereocenters. The maximum Gasteiger partial charge on any atom is 0.240 e. The monoisotopic (exact) mass is 247 g/mol. The third-order valence-electron chi connectivity index (χ3n) is 3.70. The van der Waals surface area contributed by atoms with Gasteiger partial charge >= 0.3 is 0 Å². The van der Waals surface area contributed by atoms with Crippen LogP contribution in [-0.2, 0) is 11.2 Å². The number of aryl methyl sites for hydroxylation is 1. The zero-order chi connectivity index (χ0) is 12.8. The van der Waals surface area contributed by atoms with Crippen LogP contribution >= 0.6 is 0 Å². The summed E-state index contributed by atoms with van der Waals surface area (Å²) in [5.41, 5.74) is 0.902. The summed E-state index contributed by atoms with van der Waals surface area (Å²) >= 11 is 0. The first kappa shape index (κ1) is 13.0.